The number of phenols is 1. The van der Waals surface area contributed by atoms with Gasteiger partial charge >= 0.3 is 0 Å². The smallest absolute Gasteiger partial charge is 0.240 e. The lowest BCUT2D eigenvalue weighted by Gasteiger charge is -2.07. The van der Waals surface area contributed by atoms with Crippen LogP contribution in [-0.4, -0.2) is 37.4 Å². The van der Waals surface area contributed by atoms with Crippen molar-refractivity contribution >= 4 is 23.7 Å². The van der Waals surface area contributed by atoms with Crippen molar-refractivity contribution in [2.24, 2.45) is 5.10 Å². The quantitative estimate of drug-likeness (QED) is 0.206. The first-order valence-electron chi connectivity index (χ1n) is 10.1. The maximum atomic E-state index is 11.9. The molecule has 0 heterocycles. The van der Waals surface area contributed by atoms with Crippen LogP contribution in [0.15, 0.2) is 47.6 Å². The van der Waals surface area contributed by atoms with Crippen LogP contribution in [0.3, 0.4) is 0 Å². The van der Waals surface area contributed by atoms with Crippen LogP contribution >= 0.6 is 0 Å². The first-order chi connectivity index (χ1) is 15.0. The highest BCUT2D eigenvalue weighted by molar-refractivity contribution is 5.92. The molecule has 0 saturated carbocycles. The number of phenolic OH excluding ortho intramolecular Hbond substituents is 1. The number of methoxy groups -OCH3 is 2. The Morgan fingerprint density at radius 3 is 2.35 bits per heavy atom. The van der Waals surface area contributed by atoms with E-state index in [1.54, 1.807) is 50.6 Å². The molecule has 2 rings (SSSR count). The van der Waals surface area contributed by atoms with Gasteiger partial charge in [0, 0.05) is 24.5 Å². The minimum atomic E-state index is -0.166. The zero-order valence-electron chi connectivity index (χ0n) is 17.9. The van der Waals surface area contributed by atoms with Gasteiger partial charge in [0.05, 0.1) is 26.1 Å². The molecule has 2 aromatic carbocycles. The average Bonchev–Trinajstić information content (AvgIpc) is 2.77. The number of anilines is 1. The lowest BCUT2D eigenvalue weighted by molar-refractivity contribution is -0.121. The highest BCUT2D eigenvalue weighted by atomic mass is 16.5. The zero-order chi connectivity index (χ0) is 22.5. The molecule has 0 aliphatic heterocycles. The van der Waals surface area contributed by atoms with E-state index < -0.39 is 0 Å². The molecule has 8 nitrogen and oxygen atoms in total. The number of carbonyl (C=O) groups excluding carboxylic acids is 2. The molecule has 0 aliphatic carbocycles. The molecule has 2 amide bonds. The number of hydrogen-bond acceptors (Lipinski definition) is 6. The van der Waals surface area contributed by atoms with E-state index in [1.807, 2.05) is 0 Å². The Morgan fingerprint density at radius 2 is 1.68 bits per heavy atom. The molecule has 0 bridgehead atoms. The monoisotopic (exact) mass is 427 g/mol. The van der Waals surface area contributed by atoms with Gasteiger partial charge < -0.3 is 19.9 Å². The summed E-state index contributed by atoms with van der Waals surface area (Å²) in [4.78, 5) is 23.8. The van der Waals surface area contributed by atoms with Crippen LogP contribution in [0, 0.1) is 0 Å². The fourth-order valence-corrected chi connectivity index (χ4v) is 2.87. The fraction of sp³-hybridized carbons (Fsp3) is 0.348. The largest absolute Gasteiger partial charge is 0.506 e. The molecule has 2 aromatic rings. The minimum Gasteiger partial charge on any atom is -0.506 e. The number of amides is 2. The molecule has 31 heavy (non-hydrogen) atoms. The summed E-state index contributed by atoms with van der Waals surface area (Å²) >= 11 is 0. The van der Waals surface area contributed by atoms with E-state index >= 15 is 0 Å². The molecule has 0 aromatic heterocycles. The lowest BCUT2D eigenvalue weighted by Crippen LogP contribution is -2.17. The van der Waals surface area contributed by atoms with Crippen molar-refractivity contribution in [3.63, 3.8) is 0 Å². The highest BCUT2D eigenvalue weighted by Crippen LogP contribution is 2.23. The summed E-state index contributed by atoms with van der Waals surface area (Å²) in [7, 11) is 3.13. The van der Waals surface area contributed by atoms with Crippen molar-refractivity contribution in [3.05, 3.63) is 48.0 Å². The summed E-state index contributed by atoms with van der Waals surface area (Å²) in [5.41, 5.74) is 3.65. The molecular formula is C23H29N3O5. The molecular weight excluding hydrogens is 398 g/mol. The SMILES string of the molecule is COc1ccc(/C=N/NC(=O)CCCCCCC(=O)Nc2ccccc2O)c(OC)c1. The van der Waals surface area contributed by atoms with Crippen LogP contribution in [0.25, 0.3) is 0 Å². The molecule has 8 heteroatoms. The molecule has 0 saturated heterocycles. The Hall–Kier alpha value is -3.55. The predicted molar refractivity (Wildman–Crippen MR) is 120 cm³/mol. The van der Waals surface area contributed by atoms with Crippen molar-refractivity contribution in [2.45, 2.75) is 38.5 Å². The van der Waals surface area contributed by atoms with Crippen molar-refractivity contribution in [1.29, 1.82) is 0 Å². The van der Waals surface area contributed by atoms with E-state index in [0.717, 1.165) is 24.8 Å². The van der Waals surface area contributed by atoms with E-state index in [9.17, 15) is 14.7 Å². The van der Waals surface area contributed by atoms with Gasteiger partial charge in [-0.15, -0.1) is 0 Å². The summed E-state index contributed by atoms with van der Waals surface area (Å²) in [5, 5.41) is 16.3. The summed E-state index contributed by atoms with van der Waals surface area (Å²) < 4.78 is 10.4. The summed E-state index contributed by atoms with van der Waals surface area (Å²) in [5.74, 6) is 1.02. The van der Waals surface area contributed by atoms with Gasteiger partial charge in [0.1, 0.15) is 17.2 Å². The van der Waals surface area contributed by atoms with Gasteiger partial charge in [0.2, 0.25) is 11.8 Å². The maximum Gasteiger partial charge on any atom is 0.240 e. The topological polar surface area (TPSA) is 109 Å². The van der Waals surface area contributed by atoms with Crippen LogP contribution < -0.4 is 20.2 Å². The van der Waals surface area contributed by atoms with Crippen molar-refractivity contribution in [3.8, 4) is 17.2 Å². The van der Waals surface area contributed by atoms with Gasteiger partial charge in [0.15, 0.2) is 0 Å². The third kappa shape index (κ3) is 8.38. The number of nitrogens with one attached hydrogen (secondary N) is 2. The van der Waals surface area contributed by atoms with Crippen LogP contribution in [-0.2, 0) is 9.59 Å². The second-order valence-corrected chi connectivity index (χ2v) is 6.88. The molecule has 3 N–H and O–H groups in total. The molecule has 0 radical (unpaired) electrons. The van der Waals surface area contributed by atoms with Crippen LogP contribution in [0.4, 0.5) is 5.69 Å². The molecule has 0 spiro atoms. The second kappa shape index (κ2) is 12.9. The summed E-state index contributed by atoms with van der Waals surface area (Å²) in [6, 6.07) is 11.9. The van der Waals surface area contributed by atoms with Crippen molar-refractivity contribution in [2.75, 3.05) is 19.5 Å². The van der Waals surface area contributed by atoms with E-state index in [2.05, 4.69) is 15.8 Å². The molecule has 0 unspecified atom stereocenters. The van der Waals surface area contributed by atoms with Gasteiger partial charge in [-0.05, 0) is 37.1 Å². The lowest BCUT2D eigenvalue weighted by atomic mass is 10.1. The highest BCUT2D eigenvalue weighted by Gasteiger charge is 2.06. The van der Waals surface area contributed by atoms with Gasteiger partial charge in [-0.3, -0.25) is 9.59 Å². The van der Waals surface area contributed by atoms with Crippen LogP contribution in [0.1, 0.15) is 44.1 Å². The Bertz CT molecular complexity index is 899. The normalized spacial score (nSPS) is 10.6. The van der Waals surface area contributed by atoms with Crippen LogP contribution in [0.2, 0.25) is 0 Å². The summed E-state index contributed by atoms with van der Waals surface area (Å²) in [6.45, 7) is 0. The van der Waals surface area contributed by atoms with Crippen LogP contribution in [0.5, 0.6) is 17.2 Å². The number of ether oxygens (including phenoxy) is 2. The first-order valence-corrected chi connectivity index (χ1v) is 10.1. The average molecular weight is 428 g/mol. The molecule has 0 atom stereocenters. The predicted octanol–water partition coefficient (Wildman–Crippen LogP) is 3.84. The van der Waals surface area contributed by atoms with E-state index in [1.165, 1.54) is 12.3 Å². The van der Waals surface area contributed by atoms with Gasteiger partial charge in [-0.2, -0.15) is 5.10 Å². The van der Waals surface area contributed by atoms with Crippen molar-refractivity contribution in [1.82, 2.24) is 5.43 Å². The minimum absolute atomic E-state index is 0.0509. The number of benzene rings is 2. The third-order valence-electron chi connectivity index (χ3n) is 4.57. The first kappa shape index (κ1) is 23.7. The number of rotatable bonds is 12. The van der Waals surface area contributed by atoms with Gasteiger partial charge in [0.25, 0.3) is 0 Å². The standard InChI is InChI=1S/C23H29N3O5/c1-30-18-14-13-17(21(15-18)31-2)16-24-26-23(29)12-6-4-3-5-11-22(28)25-19-9-7-8-10-20(19)27/h7-10,13-16,27H,3-6,11-12H2,1-2H3,(H,25,28)(H,26,29)/b24-16+. The Balaban J connectivity index is 1.59. The number of para-hydroxylation sites is 2. The number of hydrogen-bond donors (Lipinski definition) is 3. The van der Waals surface area contributed by atoms with E-state index in [-0.39, 0.29) is 17.6 Å². The Morgan fingerprint density at radius 1 is 0.968 bits per heavy atom. The molecule has 0 aliphatic rings. The Kier molecular flexibility index (Phi) is 9.87. The molecule has 0 fully saturated rings. The number of unbranched alkanes of at least 4 members (excludes halogenated alkanes) is 3. The summed E-state index contributed by atoms with van der Waals surface area (Å²) in [6.07, 6.45) is 5.38. The Labute approximate surface area is 182 Å². The fourth-order valence-electron chi connectivity index (χ4n) is 2.87. The van der Waals surface area contributed by atoms with Gasteiger partial charge in [-0.1, -0.05) is 25.0 Å². The molecule has 166 valence electrons. The van der Waals surface area contributed by atoms with Crippen molar-refractivity contribution < 1.29 is 24.2 Å². The maximum absolute atomic E-state index is 11.9. The number of carbonyl (C=O) groups is 2. The number of aromatic hydroxyl groups is 1. The zero-order valence-corrected chi connectivity index (χ0v) is 17.9. The third-order valence-corrected chi connectivity index (χ3v) is 4.57. The second-order valence-electron chi connectivity index (χ2n) is 6.88. The number of hydrazone groups is 1. The number of nitrogens with zero attached hydrogens (tertiary/aromatic N) is 1. The van der Waals surface area contributed by atoms with E-state index in [0.29, 0.717) is 36.4 Å². The van der Waals surface area contributed by atoms with Gasteiger partial charge in [-0.25, -0.2) is 5.43 Å². The van der Waals surface area contributed by atoms with E-state index in [4.69, 9.17) is 9.47 Å².